The third-order valence-electron chi connectivity index (χ3n) is 3.82. The molecule has 1 saturated carbocycles. The Hall–Kier alpha value is -2.30. The van der Waals surface area contributed by atoms with Crippen LogP contribution in [0.2, 0.25) is 0 Å². The van der Waals surface area contributed by atoms with Crippen molar-refractivity contribution in [2.75, 3.05) is 0 Å². The number of aryl methyl sites for hydroxylation is 1. The molecule has 2 atom stereocenters. The fourth-order valence-electron chi connectivity index (χ4n) is 2.60. The summed E-state index contributed by atoms with van der Waals surface area (Å²) in [6.45, 7) is 5.82. The number of benzene rings is 1. The summed E-state index contributed by atoms with van der Waals surface area (Å²) in [4.78, 5) is 11.8. The Kier molecular flexibility index (Phi) is 3.88. The average Bonchev–Trinajstić information content (AvgIpc) is 3.07. The molecule has 5 heteroatoms. The van der Waals surface area contributed by atoms with Crippen molar-refractivity contribution in [2.24, 2.45) is 7.05 Å². The zero-order chi connectivity index (χ0) is 16.6. The van der Waals surface area contributed by atoms with Gasteiger partial charge in [0.05, 0.1) is 5.69 Å². The molecule has 2 aromatic rings. The molecule has 0 spiro atoms. The minimum atomic E-state index is -0.338. The fraction of sp³-hybridized carbons (Fsp3) is 0.444. The summed E-state index contributed by atoms with van der Waals surface area (Å²) in [7, 11) is 1.91. The van der Waals surface area contributed by atoms with Crippen molar-refractivity contribution in [2.45, 2.75) is 44.8 Å². The molecule has 1 aliphatic carbocycles. The van der Waals surface area contributed by atoms with Gasteiger partial charge in [0, 0.05) is 30.3 Å². The maximum Gasteiger partial charge on any atom is 0.407 e. The van der Waals surface area contributed by atoms with E-state index in [9.17, 15) is 4.79 Å². The number of ether oxygens (including phenoxy) is 1. The van der Waals surface area contributed by atoms with Crippen LogP contribution in [0.4, 0.5) is 4.79 Å². The van der Waals surface area contributed by atoms with Crippen molar-refractivity contribution >= 4 is 6.09 Å². The topological polar surface area (TPSA) is 56.1 Å². The van der Waals surface area contributed by atoms with E-state index >= 15 is 0 Å². The van der Waals surface area contributed by atoms with E-state index in [1.807, 2.05) is 40.1 Å². The Labute approximate surface area is 136 Å². The molecule has 0 saturated heterocycles. The van der Waals surface area contributed by atoms with Gasteiger partial charge in [-0.05, 0) is 38.8 Å². The second kappa shape index (κ2) is 5.72. The lowest BCUT2D eigenvalue weighted by Gasteiger charge is -2.20. The lowest BCUT2D eigenvalue weighted by molar-refractivity contribution is 0.128. The number of aromatic nitrogens is 2. The van der Waals surface area contributed by atoms with Crippen molar-refractivity contribution < 1.29 is 9.53 Å². The number of alkyl carbamates (subject to hydrolysis) is 1. The number of rotatable bonds is 3. The van der Waals surface area contributed by atoms with Crippen LogP contribution < -0.4 is 5.32 Å². The number of nitrogens with one attached hydrogen (secondary N) is 1. The summed E-state index contributed by atoms with van der Waals surface area (Å²) in [5, 5.41) is 7.22. The molecule has 1 fully saturated rings. The van der Waals surface area contributed by atoms with Crippen molar-refractivity contribution in [3.63, 3.8) is 0 Å². The van der Waals surface area contributed by atoms with Crippen LogP contribution in [0.1, 0.15) is 38.7 Å². The van der Waals surface area contributed by atoms with Gasteiger partial charge in [-0.2, -0.15) is 5.10 Å². The fourth-order valence-corrected chi connectivity index (χ4v) is 2.60. The number of carbonyl (C=O) groups is 1. The molecule has 1 amide bonds. The minimum Gasteiger partial charge on any atom is -0.446 e. The summed E-state index contributed by atoms with van der Waals surface area (Å²) >= 11 is 0. The minimum absolute atomic E-state index is 0.0157. The van der Waals surface area contributed by atoms with Gasteiger partial charge in [0.25, 0.3) is 0 Å². The van der Waals surface area contributed by atoms with Gasteiger partial charge in [-0.1, -0.05) is 24.3 Å². The van der Waals surface area contributed by atoms with Gasteiger partial charge in [-0.15, -0.1) is 0 Å². The highest BCUT2D eigenvalue weighted by Crippen LogP contribution is 2.43. The molecule has 3 rings (SSSR count). The highest BCUT2D eigenvalue weighted by molar-refractivity contribution is 5.68. The third-order valence-corrected chi connectivity index (χ3v) is 3.82. The first-order valence-electron chi connectivity index (χ1n) is 7.90. The van der Waals surface area contributed by atoms with Crippen LogP contribution in [0.3, 0.4) is 0 Å². The van der Waals surface area contributed by atoms with E-state index in [0.717, 1.165) is 17.7 Å². The third kappa shape index (κ3) is 3.92. The van der Waals surface area contributed by atoms with E-state index < -0.39 is 0 Å². The zero-order valence-corrected chi connectivity index (χ0v) is 14.0. The second-order valence-corrected chi connectivity index (χ2v) is 7.16. The molecule has 1 aromatic heterocycles. The molecule has 2 unspecified atom stereocenters. The Morgan fingerprint density at radius 3 is 2.52 bits per heavy atom. The molecule has 23 heavy (non-hydrogen) atoms. The van der Waals surface area contributed by atoms with Gasteiger partial charge in [-0.25, -0.2) is 4.79 Å². The summed E-state index contributed by atoms with van der Waals surface area (Å²) < 4.78 is 7.25. The van der Waals surface area contributed by atoms with Crippen LogP contribution in [0.5, 0.6) is 0 Å². The van der Waals surface area contributed by atoms with E-state index in [1.54, 1.807) is 4.68 Å². The summed E-state index contributed by atoms with van der Waals surface area (Å²) in [6, 6.07) is 10.3. The number of nitrogens with zero attached hydrogens (tertiary/aromatic N) is 2. The Morgan fingerprint density at radius 1 is 1.26 bits per heavy atom. The number of hydrogen-bond donors (Lipinski definition) is 1. The van der Waals surface area contributed by atoms with Crippen LogP contribution in [0.15, 0.2) is 36.5 Å². The van der Waals surface area contributed by atoms with Crippen LogP contribution in [0, 0.1) is 0 Å². The van der Waals surface area contributed by atoms with E-state index in [1.165, 1.54) is 5.56 Å². The summed E-state index contributed by atoms with van der Waals surface area (Å²) in [6.07, 6.45) is 2.47. The predicted octanol–water partition coefficient (Wildman–Crippen LogP) is 3.47. The van der Waals surface area contributed by atoms with Crippen LogP contribution in [0.25, 0.3) is 11.3 Å². The van der Waals surface area contributed by atoms with Gasteiger partial charge in [-0.3, -0.25) is 4.68 Å². The van der Waals surface area contributed by atoms with Crippen LogP contribution in [-0.2, 0) is 11.8 Å². The first kappa shape index (κ1) is 15.6. The number of carbonyl (C=O) groups excluding carboxylic acids is 1. The molecular weight excluding hydrogens is 290 g/mol. The molecular formula is C18H23N3O2. The first-order chi connectivity index (χ1) is 10.8. The van der Waals surface area contributed by atoms with Crippen molar-refractivity contribution in [3.05, 3.63) is 42.1 Å². The average molecular weight is 313 g/mol. The van der Waals surface area contributed by atoms with Crippen LogP contribution in [-0.4, -0.2) is 27.5 Å². The Bertz CT molecular complexity index is 698. The van der Waals surface area contributed by atoms with E-state index in [4.69, 9.17) is 4.74 Å². The molecule has 1 N–H and O–H groups in total. The smallest absolute Gasteiger partial charge is 0.407 e. The maximum absolute atomic E-state index is 11.8. The van der Waals surface area contributed by atoms with Crippen molar-refractivity contribution in [1.82, 2.24) is 15.1 Å². The normalized spacial score (nSPS) is 20.2. The molecule has 0 radical (unpaired) electrons. The highest BCUT2D eigenvalue weighted by atomic mass is 16.6. The van der Waals surface area contributed by atoms with Gasteiger partial charge in [0.15, 0.2) is 0 Å². The van der Waals surface area contributed by atoms with E-state index in [2.05, 4.69) is 34.7 Å². The predicted molar refractivity (Wildman–Crippen MR) is 89.2 cm³/mol. The molecule has 122 valence electrons. The highest BCUT2D eigenvalue weighted by Gasteiger charge is 2.42. The molecule has 0 aliphatic heterocycles. The van der Waals surface area contributed by atoms with Crippen molar-refractivity contribution in [3.8, 4) is 11.3 Å². The van der Waals surface area contributed by atoms with Crippen LogP contribution >= 0.6 is 0 Å². The zero-order valence-electron chi connectivity index (χ0n) is 14.0. The molecule has 1 heterocycles. The monoisotopic (exact) mass is 313 g/mol. The first-order valence-corrected chi connectivity index (χ1v) is 7.90. The Morgan fingerprint density at radius 2 is 1.96 bits per heavy atom. The number of amides is 1. The SMILES string of the molecule is Cn1ccc(-c2ccc(C3CC3OC(=O)NC(C)(C)C)cc2)n1. The summed E-state index contributed by atoms with van der Waals surface area (Å²) in [5.41, 5.74) is 3.00. The van der Waals surface area contributed by atoms with Gasteiger partial charge < -0.3 is 10.1 Å². The van der Waals surface area contributed by atoms with E-state index in [-0.39, 0.29) is 17.7 Å². The van der Waals surface area contributed by atoms with Crippen molar-refractivity contribution in [1.29, 1.82) is 0 Å². The van der Waals surface area contributed by atoms with Gasteiger partial charge in [0.2, 0.25) is 0 Å². The maximum atomic E-state index is 11.8. The molecule has 1 aliphatic rings. The Balaban J connectivity index is 1.58. The van der Waals surface area contributed by atoms with E-state index in [0.29, 0.717) is 5.92 Å². The van der Waals surface area contributed by atoms with Gasteiger partial charge in [0.1, 0.15) is 6.10 Å². The molecule has 5 nitrogen and oxygen atoms in total. The second-order valence-electron chi connectivity index (χ2n) is 7.16. The molecule has 1 aromatic carbocycles. The number of hydrogen-bond acceptors (Lipinski definition) is 3. The largest absolute Gasteiger partial charge is 0.446 e. The molecule has 0 bridgehead atoms. The standard InChI is InChI=1S/C18H23N3O2/c1-18(2,3)19-17(22)23-16-11-14(16)12-5-7-13(8-6-12)15-9-10-21(4)20-15/h5-10,14,16H,11H2,1-4H3,(H,19,22). The lowest BCUT2D eigenvalue weighted by atomic mass is 10.1. The quantitative estimate of drug-likeness (QED) is 0.944. The van der Waals surface area contributed by atoms with Gasteiger partial charge >= 0.3 is 6.09 Å². The summed E-state index contributed by atoms with van der Waals surface area (Å²) in [5.74, 6) is 0.304. The lowest BCUT2D eigenvalue weighted by Crippen LogP contribution is -2.41.